The van der Waals surface area contributed by atoms with Crippen LogP contribution in [0.1, 0.15) is 16.7 Å². The Balaban J connectivity index is 1.75. The fourth-order valence-electron chi connectivity index (χ4n) is 2.32. The molecule has 3 rings (SSSR count). The van der Waals surface area contributed by atoms with Crippen molar-refractivity contribution in [3.63, 3.8) is 0 Å². The second-order valence-electron chi connectivity index (χ2n) is 5.82. The lowest BCUT2D eigenvalue weighted by Crippen LogP contribution is -2.11. The Labute approximate surface area is 158 Å². The summed E-state index contributed by atoms with van der Waals surface area (Å²) in [7, 11) is 0. The normalized spacial score (nSPS) is 11.3. The molecule has 0 unspecified atom stereocenters. The van der Waals surface area contributed by atoms with Crippen LogP contribution in [0, 0.1) is 6.92 Å². The van der Waals surface area contributed by atoms with Crippen molar-refractivity contribution in [2.45, 2.75) is 19.6 Å². The average molecular weight is 394 g/mol. The van der Waals surface area contributed by atoms with E-state index in [0.29, 0.717) is 12.4 Å². The van der Waals surface area contributed by atoms with Crippen LogP contribution in [0.3, 0.4) is 0 Å². The number of alkyl halides is 3. The molecule has 0 bridgehead atoms. The first-order valence-electron chi connectivity index (χ1n) is 7.94. The van der Waals surface area contributed by atoms with Gasteiger partial charge in [0.25, 0.3) is 0 Å². The third-order valence-electron chi connectivity index (χ3n) is 3.69. The highest BCUT2D eigenvalue weighted by molar-refractivity contribution is 6.30. The fourth-order valence-corrected chi connectivity index (χ4v) is 2.49. The maximum absolute atomic E-state index is 13.2. The van der Waals surface area contributed by atoms with E-state index in [4.69, 9.17) is 11.6 Å². The molecule has 1 heterocycles. The van der Waals surface area contributed by atoms with Crippen molar-refractivity contribution in [1.82, 2.24) is 15.2 Å². The second-order valence-corrected chi connectivity index (χ2v) is 6.25. The summed E-state index contributed by atoms with van der Waals surface area (Å²) >= 11 is 5.68. The minimum absolute atomic E-state index is 0.0135. The van der Waals surface area contributed by atoms with Crippen molar-refractivity contribution in [1.29, 1.82) is 0 Å². The lowest BCUT2D eigenvalue weighted by Gasteiger charge is -2.14. The van der Waals surface area contributed by atoms with Gasteiger partial charge in [0.05, 0.1) is 17.4 Å². The highest BCUT2D eigenvalue weighted by Crippen LogP contribution is 2.37. The van der Waals surface area contributed by atoms with Crippen molar-refractivity contribution in [3.05, 3.63) is 70.4 Å². The Bertz CT molecular complexity index is 929. The van der Waals surface area contributed by atoms with Gasteiger partial charge in [0.2, 0.25) is 5.95 Å². The zero-order valence-electron chi connectivity index (χ0n) is 14.2. The third-order valence-corrected chi connectivity index (χ3v) is 3.92. The molecular weight excluding hydrogens is 379 g/mol. The number of hydrogen-bond donors (Lipinski definition) is 2. The number of halogens is 4. The first-order chi connectivity index (χ1) is 12.8. The SMILES string of the molecule is Cc1ccc(CNc2cnnc(Nc3ccc(Cl)cc3C(F)(F)F)n2)cc1. The van der Waals surface area contributed by atoms with Crippen LogP contribution >= 0.6 is 11.6 Å². The summed E-state index contributed by atoms with van der Waals surface area (Å²) in [6.45, 7) is 2.49. The summed E-state index contributed by atoms with van der Waals surface area (Å²) in [5.41, 5.74) is 1.07. The van der Waals surface area contributed by atoms with E-state index in [1.54, 1.807) is 0 Å². The fraction of sp³-hybridized carbons (Fsp3) is 0.167. The second kappa shape index (κ2) is 7.79. The molecule has 0 atom stereocenters. The molecule has 3 aromatic rings. The Morgan fingerprint density at radius 3 is 2.52 bits per heavy atom. The maximum Gasteiger partial charge on any atom is 0.418 e. The highest BCUT2D eigenvalue weighted by Gasteiger charge is 2.34. The summed E-state index contributed by atoms with van der Waals surface area (Å²) in [5, 5.41) is 13.1. The summed E-state index contributed by atoms with van der Waals surface area (Å²) < 4.78 is 39.5. The number of aryl methyl sites for hydroxylation is 1. The molecule has 0 aliphatic heterocycles. The standard InChI is InChI=1S/C18H15ClF3N5/c1-11-2-4-12(5-3-11)9-23-16-10-24-27-17(26-16)25-15-7-6-13(19)8-14(15)18(20,21)22/h2-8,10H,9H2,1H3,(H2,23,25,26,27). The Hall–Kier alpha value is -2.87. The molecule has 2 aromatic carbocycles. The van der Waals surface area contributed by atoms with Crippen LogP contribution in [0.25, 0.3) is 0 Å². The summed E-state index contributed by atoms with van der Waals surface area (Å²) in [6.07, 6.45) is -3.17. The van der Waals surface area contributed by atoms with E-state index in [1.807, 2.05) is 31.2 Å². The van der Waals surface area contributed by atoms with Crippen molar-refractivity contribution < 1.29 is 13.2 Å². The Morgan fingerprint density at radius 1 is 1.07 bits per heavy atom. The van der Waals surface area contributed by atoms with E-state index >= 15 is 0 Å². The van der Waals surface area contributed by atoms with Crippen LogP contribution in [-0.4, -0.2) is 15.2 Å². The Morgan fingerprint density at radius 2 is 1.81 bits per heavy atom. The molecule has 0 saturated heterocycles. The molecular formula is C18H15ClF3N5. The molecule has 0 aliphatic rings. The molecule has 2 N–H and O–H groups in total. The lowest BCUT2D eigenvalue weighted by atomic mass is 10.1. The molecule has 0 fully saturated rings. The number of anilines is 3. The average Bonchev–Trinajstić information content (AvgIpc) is 2.62. The van der Waals surface area contributed by atoms with Crippen LogP contribution in [0.5, 0.6) is 0 Å². The molecule has 1 aromatic heterocycles. The molecule has 0 aliphatic carbocycles. The molecule has 9 heteroatoms. The summed E-state index contributed by atoms with van der Waals surface area (Å²) in [4.78, 5) is 4.15. The molecule has 140 valence electrons. The number of nitrogens with zero attached hydrogens (tertiary/aromatic N) is 3. The maximum atomic E-state index is 13.2. The van der Waals surface area contributed by atoms with Gasteiger partial charge in [-0.2, -0.15) is 23.3 Å². The minimum Gasteiger partial charge on any atom is -0.365 e. The van der Waals surface area contributed by atoms with Crippen molar-refractivity contribution in [2.75, 3.05) is 10.6 Å². The topological polar surface area (TPSA) is 62.7 Å². The van der Waals surface area contributed by atoms with Crippen molar-refractivity contribution in [2.24, 2.45) is 0 Å². The van der Waals surface area contributed by atoms with Gasteiger partial charge in [0, 0.05) is 11.6 Å². The highest BCUT2D eigenvalue weighted by atomic mass is 35.5. The van der Waals surface area contributed by atoms with Gasteiger partial charge in [0.1, 0.15) is 0 Å². The van der Waals surface area contributed by atoms with Crippen LogP contribution in [0.15, 0.2) is 48.7 Å². The molecule has 0 amide bonds. The smallest absolute Gasteiger partial charge is 0.365 e. The molecule has 5 nitrogen and oxygen atoms in total. The van der Waals surface area contributed by atoms with Gasteiger partial charge < -0.3 is 10.6 Å². The van der Waals surface area contributed by atoms with Gasteiger partial charge in [-0.1, -0.05) is 41.4 Å². The van der Waals surface area contributed by atoms with Gasteiger partial charge in [-0.05, 0) is 30.7 Å². The first kappa shape index (κ1) is 18.9. The van der Waals surface area contributed by atoms with E-state index < -0.39 is 11.7 Å². The van der Waals surface area contributed by atoms with Crippen LogP contribution in [-0.2, 0) is 12.7 Å². The summed E-state index contributed by atoms with van der Waals surface area (Å²) in [6, 6.07) is 11.3. The lowest BCUT2D eigenvalue weighted by molar-refractivity contribution is -0.136. The minimum atomic E-state index is -4.57. The van der Waals surface area contributed by atoms with Gasteiger partial charge in [-0.25, -0.2) is 0 Å². The number of benzene rings is 2. The molecule has 0 spiro atoms. The quantitative estimate of drug-likeness (QED) is 0.623. The number of rotatable bonds is 5. The van der Waals surface area contributed by atoms with E-state index in [0.717, 1.165) is 17.2 Å². The number of hydrogen-bond acceptors (Lipinski definition) is 5. The van der Waals surface area contributed by atoms with Gasteiger partial charge in [-0.15, -0.1) is 5.10 Å². The van der Waals surface area contributed by atoms with Gasteiger partial charge in [-0.3, -0.25) is 0 Å². The van der Waals surface area contributed by atoms with Gasteiger partial charge in [0.15, 0.2) is 5.82 Å². The number of aromatic nitrogens is 3. The van der Waals surface area contributed by atoms with E-state index in [1.165, 1.54) is 18.3 Å². The Kier molecular flexibility index (Phi) is 5.46. The molecule has 0 saturated carbocycles. The van der Waals surface area contributed by atoms with E-state index in [-0.39, 0.29) is 16.7 Å². The monoisotopic (exact) mass is 393 g/mol. The zero-order valence-corrected chi connectivity index (χ0v) is 14.9. The van der Waals surface area contributed by atoms with Crippen LogP contribution in [0.4, 0.5) is 30.6 Å². The van der Waals surface area contributed by atoms with Gasteiger partial charge >= 0.3 is 6.18 Å². The van der Waals surface area contributed by atoms with E-state index in [2.05, 4.69) is 25.8 Å². The van der Waals surface area contributed by atoms with Crippen molar-refractivity contribution in [3.8, 4) is 0 Å². The first-order valence-corrected chi connectivity index (χ1v) is 8.32. The zero-order chi connectivity index (χ0) is 19.4. The summed E-state index contributed by atoms with van der Waals surface area (Å²) in [5.74, 6) is 0.326. The predicted octanol–water partition coefficient (Wildman–Crippen LogP) is 5.21. The van der Waals surface area contributed by atoms with Crippen LogP contribution < -0.4 is 10.6 Å². The molecule has 0 radical (unpaired) electrons. The third kappa shape index (κ3) is 5.07. The van der Waals surface area contributed by atoms with Crippen LogP contribution in [0.2, 0.25) is 5.02 Å². The van der Waals surface area contributed by atoms with Crippen molar-refractivity contribution >= 4 is 29.1 Å². The predicted molar refractivity (Wildman–Crippen MR) is 98.1 cm³/mol. The largest absolute Gasteiger partial charge is 0.418 e. The molecule has 27 heavy (non-hydrogen) atoms. The van der Waals surface area contributed by atoms with E-state index in [9.17, 15) is 13.2 Å². The number of nitrogens with one attached hydrogen (secondary N) is 2.